The molecule has 1 amide bonds. The van der Waals surface area contributed by atoms with Gasteiger partial charge in [-0.3, -0.25) is 9.59 Å². The highest BCUT2D eigenvalue weighted by Crippen LogP contribution is 1.87. The van der Waals surface area contributed by atoms with Gasteiger partial charge in [0, 0.05) is 19.2 Å². The van der Waals surface area contributed by atoms with Crippen LogP contribution in [-0.2, 0) is 10.0 Å². The van der Waals surface area contributed by atoms with Crippen LogP contribution in [0.3, 0.4) is 0 Å². The lowest BCUT2D eigenvalue weighted by atomic mass is 10.3. The zero-order valence-electron chi connectivity index (χ0n) is 9.76. The Hall–Kier alpha value is -1.74. The molecule has 0 atom stereocenters. The van der Waals surface area contributed by atoms with Gasteiger partial charge in [-0.25, -0.2) is 18.2 Å². The van der Waals surface area contributed by atoms with Gasteiger partial charge in [-0.05, 0) is 13.0 Å². The van der Waals surface area contributed by atoms with Crippen molar-refractivity contribution < 1.29 is 13.2 Å². The van der Waals surface area contributed by atoms with Crippen molar-refractivity contribution in [1.82, 2.24) is 20.2 Å². The predicted molar refractivity (Wildman–Crippen MR) is 64.7 cm³/mol. The second kappa shape index (κ2) is 6.26. The maximum atomic E-state index is 11.5. The van der Waals surface area contributed by atoms with Crippen molar-refractivity contribution in [3.8, 4) is 0 Å². The molecule has 0 aliphatic rings. The Morgan fingerprint density at radius 1 is 1.39 bits per heavy atom. The first-order valence-electron chi connectivity index (χ1n) is 5.26. The van der Waals surface area contributed by atoms with E-state index >= 15 is 0 Å². The fourth-order valence-electron chi connectivity index (χ4n) is 1.05. The van der Waals surface area contributed by atoms with Gasteiger partial charge in [0.05, 0.1) is 5.75 Å². The number of nitrogens with one attached hydrogen (secondary N) is 3. The molecule has 0 saturated heterocycles. The summed E-state index contributed by atoms with van der Waals surface area (Å²) in [5, 5.41) is 8.13. The fourth-order valence-corrected chi connectivity index (χ4v) is 1.66. The van der Waals surface area contributed by atoms with E-state index in [-0.39, 0.29) is 24.5 Å². The third-order valence-electron chi connectivity index (χ3n) is 2.02. The number of aromatic nitrogens is 2. The van der Waals surface area contributed by atoms with Crippen LogP contribution in [0, 0.1) is 0 Å². The van der Waals surface area contributed by atoms with E-state index in [9.17, 15) is 18.0 Å². The molecule has 1 aromatic rings. The number of hydrogen-bond acceptors (Lipinski definition) is 5. The SMILES string of the molecule is CCS(=O)(=O)NCCNC(=O)c1ccc(=O)[nH]n1. The van der Waals surface area contributed by atoms with Crippen LogP contribution in [0.4, 0.5) is 0 Å². The molecule has 3 N–H and O–H groups in total. The van der Waals surface area contributed by atoms with Crippen molar-refractivity contribution in [2.45, 2.75) is 6.92 Å². The van der Waals surface area contributed by atoms with Crippen molar-refractivity contribution >= 4 is 15.9 Å². The molecule has 1 rings (SSSR count). The molecular weight excluding hydrogens is 260 g/mol. The summed E-state index contributed by atoms with van der Waals surface area (Å²) in [5.74, 6) is -0.496. The number of carbonyl (C=O) groups excluding carboxylic acids is 1. The Morgan fingerprint density at radius 3 is 2.67 bits per heavy atom. The standard InChI is InChI=1S/C9H14N4O4S/c1-2-18(16,17)11-6-5-10-9(15)7-3-4-8(14)13-12-7/h3-4,11H,2,5-6H2,1H3,(H,10,15)(H,13,14). The van der Waals surface area contributed by atoms with Crippen LogP contribution in [0.15, 0.2) is 16.9 Å². The Bertz CT molecular complexity index is 546. The zero-order chi connectivity index (χ0) is 13.6. The van der Waals surface area contributed by atoms with Gasteiger partial charge in [-0.15, -0.1) is 0 Å². The molecule has 100 valence electrons. The normalized spacial score (nSPS) is 11.2. The van der Waals surface area contributed by atoms with Crippen LogP contribution in [0.5, 0.6) is 0 Å². The van der Waals surface area contributed by atoms with Crippen molar-refractivity contribution in [3.63, 3.8) is 0 Å². The number of aromatic amines is 1. The van der Waals surface area contributed by atoms with Crippen molar-refractivity contribution in [2.75, 3.05) is 18.8 Å². The molecule has 0 spiro atoms. The Balaban J connectivity index is 2.38. The Kier molecular flexibility index (Phi) is 4.98. The van der Waals surface area contributed by atoms with Crippen LogP contribution in [0.2, 0.25) is 0 Å². The van der Waals surface area contributed by atoms with Crippen molar-refractivity contribution in [1.29, 1.82) is 0 Å². The minimum absolute atomic E-state index is 0.0115. The topological polar surface area (TPSA) is 121 Å². The lowest BCUT2D eigenvalue weighted by Gasteiger charge is -2.05. The molecular formula is C9H14N4O4S. The fraction of sp³-hybridized carbons (Fsp3) is 0.444. The number of nitrogens with zero attached hydrogens (tertiary/aromatic N) is 1. The van der Waals surface area contributed by atoms with Gasteiger partial charge in [0.25, 0.3) is 11.5 Å². The maximum absolute atomic E-state index is 11.5. The summed E-state index contributed by atoms with van der Waals surface area (Å²) < 4.78 is 24.5. The van der Waals surface area contributed by atoms with Crippen molar-refractivity contribution in [2.24, 2.45) is 0 Å². The molecule has 0 fully saturated rings. The summed E-state index contributed by atoms with van der Waals surface area (Å²) in [7, 11) is -3.25. The zero-order valence-corrected chi connectivity index (χ0v) is 10.6. The Morgan fingerprint density at radius 2 is 2.11 bits per heavy atom. The molecule has 0 bridgehead atoms. The molecule has 0 unspecified atom stereocenters. The summed E-state index contributed by atoms with van der Waals surface area (Å²) >= 11 is 0. The average molecular weight is 274 g/mol. The maximum Gasteiger partial charge on any atom is 0.271 e. The second-order valence-electron chi connectivity index (χ2n) is 3.36. The van der Waals surface area contributed by atoms with Crippen LogP contribution >= 0.6 is 0 Å². The molecule has 8 nitrogen and oxygen atoms in total. The quantitative estimate of drug-likeness (QED) is 0.542. The molecule has 0 saturated carbocycles. The highest BCUT2D eigenvalue weighted by atomic mass is 32.2. The first-order valence-corrected chi connectivity index (χ1v) is 6.91. The summed E-state index contributed by atoms with van der Waals surface area (Å²) in [4.78, 5) is 22.2. The van der Waals surface area contributed by atoms with Crippen LogP contribution in [0.25, 0.3) is 0 Å². The molecule has 0 aromatic carbocycles. The third kappa shape index (κ3) is 4.63. The third-order valence-corrected chi connectivity index (χ3v) is 3.43. The van der Waals surface area contributed by atoms with Gasteiger partial charge in [-0.1, -0.05) is 0 Å². The molecule has 0 aliphatic heterocycles. The molecule has 9 heteroatoms. The first kappa shape index (κ1) is 14.3. The van der Waals surface area contributed by atoms with E-state index in [1.807, 2.05) is 0 Å². The van der Waals surface area contributed by atoms with Gasteiger partial charge in [0.15, 0.2) is 0 Å². The van der Waals surface area contributed by atoms with Crippen LogP contribution < -0.4 is 15.6 Å². The first-order chi connectivity index (χ1) is 8.44. The number of amides is 1. The molecule has 0 radical (unpaired) electrons. The van der Waals surface area contributed by atoms with Crippen LogP contribution in [-0.4, -0.2) is 43.4 Å². The number of carbonyl (C=O) groups is 1. The lowest BCUT2D eigenvalue weighted by molar-refractivity contribution is 0.0948. The van der Waals surface area contributed by atoms with E-state index in [4.69, 9.17) is 0 Å². The van der Waals surface area contributed by atoms with Gasteiger partial charge >= 0.3 is 0 Å². The predicted octanol–water partition coefficient (Wildman–Crippen LogP) is -1.56. The van der Waals surface area contributed by atoms with Gasteiger partial charge < -0.3 is 5.32 Å². The van der Waals surface area contributed by atoms with Gasteiger partial charge in [0.2, 0.25) is 10.0 Å². The minimum atomic E-state index is -3.25. The van der Waals surface area contributed by atoms with E-state index in [1.54, 1.807) is 0 Å². The summed E-state index contributed by atoms with van der Waals surface area (Å²) in [6.45, 7) is 1.76. The number of sulfonamides is 1. The van der Waals surface area contributed by atoms with Crippen molar-refractivity contribution in [3.05, 3.63) is 28.2 Å². The molecule has 1 heterocycles. The molecule has 1 aromatic heterocycles. The van der Waals surface area contributed by atoms with E-state index < -0.39 is 21.5 Å². The molecule has 18 heavy (non-hydrogen) atoms. The summed E-state index contributed by atoms with van der Waals surface area (Å²) in [6, 6.07) is 2.46. The average Bonchev–Trinajstić information content (AvgIpc) is 2.35. The number of H-pyrrole nitrogens is 1. The summed E-state index contributed by atoms with van der Waals surface area (Å²) in [5.41, 5.74) is -0.338. The summed E-state index contributed by atoms with van der Waals surface area (Å²) in [6.07, 6.45) is 0. The molecule has 0 aliphatic carbocycles. The van der Waals surface area contributed by atoms with E-state index in [1.165, 1.54) is 19.1 Å². The van der Waals surface area contributed by atoms with Gasteiger partial charge in [0.1, 0.15) is 5.69 Å². The lowest BCUT2D eigenvalue weighted by Crippen LogP contribution is -2.35. The van der Waals surface area contributed by atoms with E-state index in [2.05, 4.69) is 20.2 Å². The minimum Gasteiger partial charge on any atom is -0.349 e. The monoisotopic (exact) mass is 274 g/mol. The highest BCUT2D eigenvalue weighted by Gasteiger charge is 2.08. The largest absolute Gasteiger partial charge is 0.349 e. The number of hydrogen-bond donors (Lipinski definition) is 3. The van der Waals surface area contributed by atoms with Gasteiger partial charge in [-0.2, -0.15) is 5.10 Å². The number of rotatable bonds is 6. The van der Waals surface area contributed by atoms with E-state index in [0.29, 0.717) is 0 Å². The second-order valence-corrected chi connectivity index (χ2v) is 5.46. The highest BCUT2D eigenvalue weighted by molar-refractivity contribution is 7.89. The van der Waals surface area contributed by atoms with E-state index in [0.717, 1.165) is 0 Å². The smallest absolute Gasteiger partial charge is 0.271 e. The Labute approximate surface area is 104 Å². The van der Waals surface area contributed by atoms with Crippen LogP contribution in [0.1, 0.15) is 17.4 Å².